The molecule has 4 heteroatoms. The Hall–Kier alpha value is -1.29. The summed E-state index contributed by atoms with van der Waals surface area (Å²) in [7, 11) is 0. The number of nitrogen functional groups attached to an aromatic ring is 1. The summed E-state index contributed by atoms with van der Waals surface area (Å²) in [6.45, 7) is 0. The second kappa shape index (κ2) is 3.85. The van der Waals surface area contributed by atoms with Crippen molar-refractivity contribution in [2.75, 3.05) is 11.1 Å². The second-order valence-corrected chi connectivity index (χ2v) is 6.54. The SMILES string of the molecule is Nc1c(NC2CC3CCC2C3)ccc2scnc12. The van der Waals surface area contributed by atoms with Crippen molar-refractivity contribution in [1.29, 1.82) is 0 Å². The van der Waals surface area contributed by atoms with Gasteiger partial charge in [-0.15, -0.1) is 11.3 Å². The van der Waals surface area contributed by atoms with Gasteiger partial charge in [0.15, 0.2) is 0 Å². The molecule has 18 heavy (non-hydrogen) atoms. The number of rotatable bonds is 2. The summed E-state index contributed by atoms with van der Waals surface area (Å²) >= 11 is 1.65. The Kier molecular flexibility index (Phi) is 2.27. The molecule has 0 spiro atoms. The van der Waals surface area contributed by atoms with E-state index in [0.717, 1.165) is 28.7 Å². The maximum atomic E-state index is 6.22. The molecule has 2 aliphatic carbocycles. The smallest absolute Gasteiger partial charge is 0.106 e. The topological polar surface area (TPSA) is 50.9 Å². The highest BCUT2D eigenvalue weighted by Crippen LogP contribution is 2.46. The molecular formula is C14H17N3S. The van der Waals surface area contributed by atoms with Crippen molar-refractivity contribution in [3.05, 3.63) is 17.6 Å². The first kappa shape index (κ1) is 10.6. The Balaban J connectivity index is 1.64. The van der Waals surface area contributed by atoms with Gasteiger partial charge in [0.2, 0.25) is 0 Å². The number of benzene rings is 1. The normalized spacial score (nSPS) is 30.1. The van der Waals surface area contributed by atoms with Crippen molar-refractivity contribution in [2.24, 2.45) is 11.8 Å². The highest BCUT2D eigenvalue weighted by Gasteiger charge is 2.39. The lowest BCUT2D eigenvalue weighted by Gasteiger charge is -2.24. The van der Waals surface area contributed by atoms with E-state index in [9.17, 15) is 0 Å². The second-order valence-electron chi connectivity index (χ2n) is 5.65. The van der Waals surface area contributed by atoms with Gasteiger partial charge in [0.1, 0.15) is 5.52 Å². The minimum absolute atomic E-state index is 0.627. The molecule has 3 unspecified atom stereocenters. The molecule has 3 atom stereocenters. The Bertz CT molecular complexity index is 592. The van der Waals surface area contributed by atoms with Crippen LogP contribution in [-0.2, 0) is 0 Å². The molecule has 3 nitrogen and oxygen atoms in total. The fraction of sp³-hybridized carbons (Fsp3) is 0.500. The molecule has 0 radical (unpaired) electrons. The van der Waals surface area contributed by atoms with E-state index < -0.39 is 0 Å². The number of hydrogen-bond donors (Lipinski definition) is 2. The largest absolute Gasteiger partial charge is 0.395 e. The lowest BCUT2D eigenvalue weighted by Crippen LogP contribution is -2.26. The molecule has 2 saturated carbocycles. The van der Waals surface area contributed by atoms with Crippen LogP contribution in [0, 0.1) is 11.8 Å². The van der Waals surface area contributed by atoms with Crippen LogP contribution >= 0.6 is 11.3 Å². The van der Waals surface area contributed by atoms with Gasteiger partial charge in [-0.1, -0.05) is 6.42 Å². The van der Waals surface area contributed by atoms with Gasteiger partial charge in [-0.2, -0.15) is 0 Å². The number of thiazole rings is 1. The third kappa shape index (κ3) is 1.52. The quantitative estimate of drug-likeness (QED) is 0.812. The minimum Gasteiger partial charge on any atom is -0.395 e. The van der Waals surface area contributed by atoms with Crippen LogP contribution in [0.3, 0.4) is 0 Å². The highest BCUT2D eigenvalue weighted by molar-refractivity contribution is 7.16. The molecule has 2 aliphatic rings. The molecule has 1 aromatic carbocycles. The van der Waals surface area contributed by atoms with Gasteiger partial charge >= 0.3 is 0 Å². The Morgan fingerprint density at radius 2 is 2.22 bits per heavy atom. The summed E-state index contributed by atoms with van der Waals surface area (Å²) < 4.78 is 1.17. The first-order valence-electron chi connectivity index (χ1n) is 6.69. The van der Waals surface area contributed by atoms with Gasteiger partial charge in [-0.3, -0.25) is 0 Å². The lowest BCUT2D eigenvalue weighted by atomic mass is 9.95. The van der Waals surface area contributed by atoms with Crippen LogP contribution < -0.4 is 11.1 Å². The van der Waals surface area contributed by atoms with Crippen molar-refractivity contribution in [3.8, 4) is 0 Å². The third-order valence-electron chi connectivity index (χ3n) is 4.62. The molecule has 1 aromatic heterocycles. The molecule has 3 N–H and O–H groups in total. The van der Waals surface area contributed by atoms with Crippen LogP contribution in [0.5, 0.6) is 0 Å². The zero-order valence-electron chi connectivity index (χ0n) is 10.2. The summed E-state index contributed by atoms with van der Waals surface area (Å²) in [5.41, 5.74) is 10.9. The predicted molar refractivity (Wildman–Crippen MR) is 76.9 cm³/mol. The van der Waals surface area contributed by atoms with Gasteiger partial charge in [-0.05, 0) is 43.2 Å². The lowest BCUT2D eigenvalue weighted by molar-refractivity contribution is 0.440. The van der Waals surface area contributed by atoms with Gasteiger partial charge in [0.25, 0.3) is 0 Å². The standard InChI is InChI=1S/C14H17N3S/c15-13-10(3-4-12-14(13)16-7-18-12)17-11-6-8-1-2-9(11)5-8/h3-4,7-9,11,17H,1-2,5-6,15H2. The van der Waals surface area contributed by atoms with E-state index in [1.165, 1.54) is 30.4 Å². The maximum absolute atomic E-state index is 6.22. The van der Waals surface area contributed by atoms with Crippen LogP contribution in [0.15, 0.2) is 17.6 Å². The fourth-order valence-corrected chi connectivity index (χ4v) is 4.39. The van der Waals surface area contributed by atoms with Gasteiger partial charge in [0, 0.05) is 6.04 Å². The van der Waals surface area contributed by atoms with Gasteiger partial charge < -0.3 is 11.1 Å². The molecule has 2 aromatic rings. The van der Waals surface area contributed by atoms with Crippen LogP contribution in [0.1, 0.15) is 25.7 Å². The van der Waals surface area contributed by atoms with E-state index >= 15 is 0 Å². The predicted octanol–water partition coefficient (Wildman–Crippen LogP) is 3.48. The fourth-order valence-electron chi connectivity index (χ4n) is 3.70. The molecule has 2 bridgehead atoms. The van der Waals surface area contributed by atoms with Crippen LogP contribution in [0.25, 0.3) is 10.2 Å². The molecule has 2 fully saturated rings. The summed E-state index contributed by atoms with van der Waals surface area (Å²) in [5, 5.41) is 3.66. The molecule has 0 aliphatic heterocycles. The van der Waals surface area contributed by atoms with E-state index in [0.29, 0.717) is 6.04 Å². The van der Waals surface area contributed by atoms with E-state index in [-0.39, 0.29) is 0 Å². The minimum atomic E-state index is 0.627. The average Bonchev–Trinajstić information content (AvgIpc) is 3.07. The van der Waals surface area contributed by atoms with E-state index in [4.69, 9.17) is 5.73 Å². The number of anilines is 2. The number of aromatic nitrogens is 1. The summed E-state index contributed by atoms with van der Waals surface area (Å²) in [5.74, 6) is 1.82. The Morgan fingerprint density at radius 1 is 1.28 bits per heavy atom. The third-order valence-corrected chi connectivity index (χ3v) is 5.41. The van der Waals surface area contributed by atoms with E-state index in [1.54, 1.807) is 11.3 Å². The zero-order chi connectivity index (χ0) is 12.1. The van der Waals surface area contributed by atoms with Crippen LogP contribution in [0.4, 0.5) is 11.4 Å². The monoisotopic (exact) mass is 259 g/mol. The van der Waals surface area contributed by atoms with Crippen LogP contribution in [0.2, 0.25) is 0 Å². The molecule has 4 rings (SSSR count). The number of nitrogens with zero attached hydrogens (tertiary/aromatic N) is 1. The van der Waals surface area contributed by atoms with Crippen molar-refractivity contribution in [2.45, 2.75) is 31.7 Å². The van der Waals surface area contributed by atoms with Crippen molar-refractivity contribution < 1.29 is 0 Å². The maximum Gasteiger partial charge on any atom is 0.106 e. The number of hydrogen-bond acceptors (Lipinski definition) is 4. The Morgan fingerprint density at radius 3 is 3.00 bits per heavy atom. The highest BCUT2D eigenvalue weighted by atomic mass is 32.1. The van der Waals surface area contributed by atoms with Crippen LogP contribution in [-0.4, -0.2) is 11.0 Å². The van der Waals surface area contributed by atoms with Gasteiger partial charge in [-0.25, -0.2) is 4.98 Å². The molecular weight excluding hydrogens is 242 g/mol. The Labute approximate surface area is 110 Å². The first-order chi connectivity index (χ1) is 8.81. The molecule has 1 heterocycles. The summed E-state index contributed by atoms with van der Waals surface area (Å²) in [4.78, 5) is 4.35. The number of nitrogens with one attached hydrogen (secondary N) is 1. The van der Waals surface area contributed by atoms with Gasteiger partial charge in [0.05, 0.1) is 21.6 Å². The van der Waals surface area contributed by atoms with Crippen molar-refractivity contribution in [3.63, 3.8) is 0 Å². The van der Waals surface area contributed by atoms with Crippen molar-refractivity contribution >= 4 is 32.9 Å². The molecule has 94 valence electrons. The summed E-state index contributed by atoms with van der Waals surface area (Å²) in [6.07, 6.45) is 5.56. The number of nitrogens with two attached hydrogens (primary N) is 1. The number of fused-ring (bicyclic) bond motifs is 3. The van der Waals surface area contributed by atoms with Crippen molar-refractivity contribution in [1.82, 2.24) is 4.98 Å². The zero-order valence-corrected chi connectivity index (χ0v) is 11.0. The molecule has 0 saturated heterocycles. The molecule has 0 amide bonds. The van der Waals surface area contributed by atoms with E-state index in [2.05, 4.69) is 22.4 Å². The summed E-state index contributed by atoms with van der Waals surface area (Å²) in [6, 6.07) is 4.86. The average molecular weight is 259 g/mol. The van der Waals surface area contributed by atoms with E-state index in [1.807, 2.05) is 5.51 Å². The first-order valence-corrected chi connectivity index (χ1v) is 7.57.